The molecule has 0 bridgehead atoms. The number of thiophene rings is 1. The third kappa shape index (κ3) is 3.24. The third-order valence-electron chi connectivity index (χ3n) is 1.16. The van der Waals surface area contributed by atoms with Gasteiger partial charge in [-0.2, -0.15) is 0 Å². The van der Waals surface area contributed by atoms with E-state index in [9.17, 15) is 4.79 Å². The van der Waals surface area contributed by atoms with Gasteiger partial charge in [0.05, 0.1) is 6.54 Å². The molecule has 1 amide bonds. The predicted molar refractivity (Wildman–Crippen MR) is 58.0 cm³/mol. The molecule has 62 valence electrons. The van der Waals surface area contributed by atoms with Crippen molar-refractivity contribution >= 4 is 39.8 Å². The quantitative estimate of drug-likeness (QED) is 0.653. The molecule has 0 fully saturated rings. The Kier molecular flexibility index (Phi) is 4.11. The maximum absolute atomic E-state index is 10.9. The molecule has 1 rings (SSSR count). The molecule has 0 aliphatic carbocycles. The van der Waals surface area contributed by atoms with Crippen molar-refractivity contribution in [1.82, 2.24) is 5.32 Å². The first kappa shape index (κ1) is 9.55. The second-order valence-electron chi connectivity index (χ2n) is 1.98. The molecule has 0 spiro atoms. The molecule has 0 saturated heterocycles. The number of carbonyl (C=O) groups excluding carboxylic acids is 1. The first-order valence-corrected chi connectivity index (χ1v) is 5.20. The van der Waals surface area contributed by atoms with Gasteiger partial charge in [-0.25, -0.2) is 0 Å². The third-order valence-corrected chi connectivity index (χ3v) is 2.31. The van der Waals surface area contributed by atoms with Crippen LogP contribution in [0.1, 0.15) is 4.88 Å². The van der Waals surface area contributed by atoms with Crippen LogP contribution >= 0.6 is 33.9 Å². The van der Waals surface area contributed by atoms with Crippen LogP contribution in [0.3, 0.4) is 0 Å². The Balaban J connectivity index is 2.35. The fourth-order valence-electron chi connectivity index (χ4n) is 0.668. The SMILES string of the molecule is O=C(C#CI)NCc1cccs1. The highest BCUT2D eigenvalue weighted by molar-refractivity contribution is 14.1. The molecule has 1 aromatic heterocycles. The van der Waals surface area contributed by atoms with E-state index in [4.69, 9.17) is 0 Å². The smallest absolute Gasteiger partial charge is 0.296 e. The van der Waals surface area contributed by atoms with Crippen LogP contribution in [0.2, 0.25) is 0 Å². The lowest BCUT2D eigenvalue weighted by atomic mass is 10.4. The zero-order valence-electron chi connectivity index (χ0n) is 6.13. The molecule has 0 atom stereocenters. The van der Waals surface area contributed by atoms with Crippen molar-refractivity contribution in [3.05, 3.63) is 22.4 Å². The topological polar surface area (TPSA) is 29.1 Å². The van der Waals surface area contributed by atoms with Crippen LogP contribution in [0.4, 0.5) is 0 Å². The van der Waals surface area contributed by atoms with E-state index in [1.54, 1.807) is 11.3 Å². The molecule has 1 heterocycles. The van der Waals surface area contributed by atoms with E-state index in [1.807, 2.05) is 40.1 Å². The number of halogens is 1. The van der Waals surface area contributed by atoms with Gasteiger partial charge in [-0.3, -0.25) is 4.79 Å². The van der Waals surface area contributed by atoms with E-state index >= 15 is 0 Å². The zero-order chi connectivity index (χ0) is 8.81. The fourth-order valence-corrected chi connectivity index (χ4v) is 1.56. The molecular formula is C8H6INOS. The number of rotatable bonds is 2. The van der Waals surface area contributed by atoms with E-state index in [2.05, 4.69) is 15.2 Å². The summed E-state index contributed by atoms with van der Waals surface area (Å²) in [5.74, 6) is 2.17. The van der Waals surface area contributed by atoms with Crippen molar-refractivity contribution < 1.29 is 4.79 Å². The molecule has 0 aromatic carbocycles. The fraction of sp³-hybridized carbons (Fsp3) is 0.125. The Morgan fingerprint density at radius 2 is 2.58 bits per heavy atom. The van der Waals surface area contributed by atoms with Crippen LogP contribution in [0.25, 0.3) is 0 Å². The molecule has 0 unspecified atom stereocenters. The number of carbonyl (C=O) groups is 1. The number of hydrogen-bond donors (Lipinski definition) is 1. The first-order valence-electron chi connectivity index (χ1n) is 3.25. The predicted octanol–water partition coefficient (Wildman–Crippen LogP) is 1.76. The summed E-state index contributed by atoms with van der Waals surface area (Å²) >= 11 is 3.45. The normalized spacial score (nSPS) is 8.42. The van der Waals surface area contributed by atoms with Crippen LogP contribution < -0.4 is 5.32 Å². The maximum atomic E-state index is 10.9. The van der Waals surface area contributed by atoms with Crippen molar-refractivity contribution in [3.8, 4) is 9.85 Å². The largest absolute Gasteiger partial charge is 0.340 e. The van der Waals surface area contributed by atoms with Crippen LogP contribution in [0.5, 0.6) is 0 Å². The summed E-state index contributed by atoms with van der Waals surface area (Å²) in [6, 6.07) is 3.93. The molecule has 0 aliphatic heterocycles. The van der Waals surface area contributed by atoms with Gasteiger partial charge in [-0.15, -0.1) is 11.3 Å². The van der Waals surface area contributed by atoms with Crippen molar-refractivity contribution in [3.63, 3.8) is 0 Å². The lowest BCUT2D eigenvalue weighted by Crippen LogP contribution is -2.19. The monoisotopic (exact) mass is 291 g/mol. The minimum Gasteiger partial charge on any atom is -0.340 e. The Hall–Kier alpha value is -0.540. The van der Waals surface area contributed by atoms with E-state index in [0.29, 0.717) is 6.54 Å². The number of amides is 1. The van der Waals surface area contributed by atoms with E-state index in [0.717, 1.165) is 4.88 Å². The molecule has 0 aliphatic rings. The average Bonchev–Trinajstić information content (AvgIpc) is 2.53. The van der Waals surface area contributed by atoms with Gasteiger partial charge in [-0.1, -0.05) is 6.07 Å². The second kappa shape index (κ2) is 5.17. The molecule has 1 N–H and O–H groups in total. The van der Waals surface area contributed by atoms with E-state index in [1.165, 1.54) is 0 Å². The van der Waals surface area contributed by atoms with Gasteiger partial charge in [0.15, 0.2) is 0 Å². The Morgan fingerprint density at radius 3 is 3.17 bits per heavy atom. The second-order valence-corrected chi connectivity index (χ2v) is 3.55. The molecule has 12 heavy (non-hydrogen) atoms. The number of nitrogens with one attached hydrogen (secondary N) is 1. The van der Waals surface area contributed by atoms with Gasteiger partial charge in [0.2, 0.25) is 0 Å². The molecule has 0 radical (unpaired) electrons. The highest BCUT2D eigenvalue weighted by Crippen LogP contribution is 2.06. The van der Waals surface area contributed by atoms with Gasteiger partial charge >= 0.3 is 0 Å². The highest BCUT2D eigenvalue weighted by atomic mass is 127. The molecule has 2 nitrogen and oxygen atoms in total. The minimum atomic E-state index is -0.224. The molecule has 1 aromatic rings. The van der Waals surface area contributed by atoms with Crippen molar-refractivity contribution in [2.24, 2.45) is 0 Å². The Bertz CT molecular complexity index is 310. The van der Waals surface area contributed by atoms with E-state index in [-0.39, 0.29) is 5.91 Å². The summed E-state index contributed by atoms with van der Waals surface area (Å²) in [4.78, 5) is 12.0. The van der Waals surface area contributed by atoms with Crippen LogP contribution in [-0.4, -0.2) is 5.91 Å². The van der Waals surface area contributed by atoms with Crippen molar-refractivity contribution in [1.29, 1.82) is 0 Å². The lowest BCUT2D eigenvalue weighted by molar-refractivity contribution is -0.115. The van der Waals surface area contributed by atoms with Gasteiger partial charge < -0.3 is 5.32 Å². The van der Waals surface area contributed by atoms with Crippen LogP contribution in [0, 0.1) is 9.85 Å². The molecule has 0 saturated carbocycles. The van der Waals surface area contributed by atoms with Crippen molar-refractivity contribution in [2.75, 3.05) is 0 Å². The van der Waals surface area contributed by atoms with Gasteiger partial charge in [0.25, 0.3) is 5.91 Å². The summed E-state index contributed by atoms with van der Waals surface area (Å²) in [5, 5.41) is 4.66. The summed E-state index contributed by atoms with van der Waals surface area (Å²) in [7, 11) is 0. The summed E-state index contributed by atoms with van der Waals surface area (Å²) in [6.07, 6.45) is 0. The van der Waals surface area contributed by atoms with Gasteiger partial charge in [-0.05, 0) is 15.4 Å². The number of hydrogen-bond acceptors (Lipinski definition) is 2. The highest BCUT2D eigenvalue weighted by Gasteiger charge is 1.95. The molecular weight excluding hydrogens is 285 g/mol. The van der Waals surface area contributed by atoms with Gasteiger partial charge in [0.1, 0.15) is 0 Å². The first-order chi connectivity index (χ1) is 5.83. The van der Waals surface area contributed by atoms with E-state index < -0.39 is 0 Å². The Labute approximate surface area is 88.5 Å². The lowest BCUT2D eigenvalue weighted by Gasteiger charge is -1.95. The standard InChI is InChI=1S/C8H6INOS/c9-4-3-8(11)10-6-7-2-1-5-12-7/h1-2,5H,6H2,(H,10,11). The van der Waals surface area contributed by atoms with Gasteiger partial charge in [0, 0.05) is 33.4 Å². The summed E-state index contributed by atoms with van der Waals surface area (Å²) in [6.45, 7) is 0.571. The summed E-state index contributed by atoms with van der Waals surface area (Å²) in [5.41, 5.74) is 0. The zero-order valence-corrected chi connectivity index (χ0v) is 9.11. The minimum absolute atomic E-state index is 0.224. The van der Waals surface area contributed by atoms with Crippen LogP contribution in [0.15, 0.2) is 17.5 Å². The average molecular weight is 291 g/mol. The molecule has 4 heteroatoms. The maximum Gasteiger partial charge on any atom is 0.296 e. The summed E-state index contributed by atoms with van der Waals surface area (Å²) < 4.78 is 2.51. The van der Waals surface area contributed by atoms with Crippen LogP contribution in [-0.2, 0) is 11.3 Å². The van der Waals surface area contributed by atoms with Crippen molar-refractivity contribution in [2.45, 2.75) is 6.54 Å². The Morgan fingerprint density at radius 1 is 1.75 bits per heavy atom.